The highest BCUT2D eigenvalue weighted by Crippen LogP contribution is 2.35. The maximum Gasteiger partial charge on any atom is 0.293 e. The van der Waals surface area contributed by atoms with E-state index >= 15 is 0 Å². The van der Waals surface area contributed by atoms with Gasteiger partial charge in [0.25, 0.3) is 11.1 Å². The summed E-state index contributed by atoms with van der Waals surface area (Å²) in [6, 6.07) is 16.1. The van der Waals surface area contributed by atoms with Gasteiger partial charge in [-0.15, -0.1) is 0 Å². The molecule has 0 spiro atoms. The van der Waals surface area contributed by atoms with Crippen LogP contribution in [0.3, 0.4) is 0 Å². The van der Waals surface area contributed by atoms with E-state index in [0.29, 0.717) is 4.91 Å². The Labute approximate surface area is 235 Å². The Morgan fingerprint density at radius 3 is 2.47 bits per heavy atom. The van der Waals surface area contributed by atoms with Crippen molar-refractivity contribution in [2.45, 2.75) is 20.8 Å². The first-order valence-corrected chi connectivity index (χ1v) is 14.2. The Balaban J connectivity index is 1.31. The second kappa shape index (κ2) is 11.4. The largest absolute Gasteiger partial charge is 0.492 e. The average molecular weight is 597 g/mol. The fourth-order valence-electron chi connectivity index (χ4n) is 4.75. The zero-order chi connectivity index (χ0) is 26.8. The lowest BCUT2D eigenvalue weighted by Crippen LogP contribution is -2.36. The number of aryl methyl sites for hydroxylation is 2. The molecule has 0 radical (unpaired) electrons. The number of imide groups is 1. The SMILES string of the molecule is Cc1ccc(OCCN2C(=O)S/C(=C\c3cc(C)n(-c4ccc(N5CCOCC5)c(Br)c4)c3C)C2=O)cc1. The maximum atomic E-state index is 13.0. The third-order valence-electron chi connectivity index (χ3n) is 6.78. The summed E-state index contributed by atoms with van der Waals surface area (Å²) in [5, 5.41) is -0.273. The van der Waals surface area contributed by atoms with Crippen molar-refractivity contribution < 1.29 is 19.1 Å². The zero-order valence-electron chi connectivity index (χ0n) is 21.7. The highest BCUT2D eigenvalue weighted by atomic mass is 79.9. The number of ether oxygens (including phenoxy) is 2. The topological polar surface area (TPSA) is 64.0 Å². The summed E-state index contributed by atoms with van der Waals surface area (Å²) in [7, 11) is 0. The van der Waals surface area contributed by atoms with Crippen LogP contribution in [0.15, 0.2) is 57.9 Å². The van der Waals surface area contributed by atoms with Crippen LogP contribution >= 0.6 is 27.7 Å². The molecule has 2 fully saturated rings. The lowest BCUT2D eigenvalue weighted by atomic mass is 10.2. The van der Waals surface area contributed by atoms with Gasteiger partial charge in [-0.3, -0.25) is 14.5 Å². The van der Waals surface area contributed by atoms with Crippen LogP contribution in [0.5, 0.6) is 5.75 Å². The zero-order valence-corrected chi connectivity index (χ0v) is 24.1. The van der Waals surface area contributed by atoms with Crippen LogP contribution in [0, 0.1) is 20.8 Å². The molecule has 2 amide bonds. The molecule has 3 aromatic rings. The van der Waals surface area contributed by atoms with E-state index in [2.05, 4.69) is 43.6 Å². The number of halogens is 1. The van der Waals surface area contributed by atoms with E-state index in [9.17, 15) is 9.59 Å². The van der Waals surface area contributed by atoms with Crippen molar-refractivity contribution in [2.24, 2.45) is 0 Å². The van der Waals surface area contributed by atoms with Gasteiger partial charge < -0.3 is 18.9 Å². The van der Waals surface area contributed by atoms with Gasteiger partial charge in [0, 0.05) is 34.6 Å². The summed E-state index contributed by atoms with van der Waals surface area (Å²) in [6.07, 6.45) is 1.82. The molecule has 2 aromatic carbocycles. The van der Waals surface area contributed by atoms with Crippen LogP contribution in [0.4, 0.5) is 10.5 Å². The number of thioether (sulfide) groups is 1. The van der Waals surface area contributed by atoms with Gasteiger partial charge in [-0.1, -0.05) is 17.7 Å². The second-order valence-electron chi connectivity index (χ2n) is 9.39. The number of hydrogen-bond acceptors (Lipinski definition) is 6. The monoisotopic (exact) mass is 595 g/mol. The Morgan fingerprint density at radius 1 is 1.03 bits per heavy atom. The molecule has 3 heterocycles. The second-order valence-corrected chi connectivity index (χ2v) is 11.2. The first-order valence-electron chi connectivity index (χ1n) is 12.6. The molecule has 198 valence electrons. The van der Waals surface area contributed by atoms with Crippen LogP contribution in [-0.4, -0.2) is 60.1 Å². The van der Waals surface area contributed by atoms with Crippen LogP contribution in [-0.2, 0) is 9.53 Å². The summed E-state index contributed by atoms with van der Waals surface area (Å²) in [6.45, 7) is 9.75. The fraction of sp³-hybridized carbons (Fsp3) is 0.310. The first kappa shape index (κ1) is 26.6. The van der Waals surface area contributed by atoms with Gasteiger partial charge in [-0.25, -0.2) is 0 Å². The predicted molar refractivity (Wildman–Crippen MR) is 155 cm³/mol. The third kappa shape index (κ3) is 5.55. The van der Waals surface area contributed by atoms with E-state index in [-0.39, 0.29) is 24.3 Å². The average Bonchev–Trinajstić information content (AvgIpc) is 3.34. The molecule has 9 heteroatoms. The molecule has 0 aliphatic carbocycles. The molecule has 2 aliphatic heterocycles. The van der Waals surface area contributed by atoms with Crippen LogP contribution in [0.2, 0.25) is 0 Å². The highest BCUT2D eigenvalue weighted by Gasteiger charge is 2.35. The molecule has 2 aliphatic rings. The molecule has 2 saturated heterocycles. The Hall–Kier alpha value is -3.01. The molecule has 38 heavy (non-hydrogen) atoms. The predicted octanol–water partition coefficient (Wildman–Crippen LogP) is 6.12. The van der Waals surface area contributed by atoms with Crippen LogP contribution < -0.4 is 9.64 Å². The van der Waals surface area contributed by atoms with Gasteiger partial charge in [0.2, 0.25) is 0 Å². The molecular weight excluding hydrogens is 566 g/mol. The van der Waals surface area contributed by atoms with Gasteiger partial charge in [-0.2, -0.15) is 0 Å². The number of aromatic nitrogens is 1. The molecule has 0 bridgehead atoms. The highest BCUT2D eigenvalue weighted by molar-refractivity contribution is 9.10. The van der Waals surface area contributed by atoms with E-state index < -0.39 is 0 Å². The molecule has 0 unspecified atom stereocenters. The van der Waals surface area contributed by atoms with Crippen molar-refractivity contribution in [3.05, 3.63) is 80.4 Å². The van der Waals surface area contributed by atoms with E-state index in [0.717, 1.165) is 82.2 Å². The smallest absolute Gasteiger partial charge is 0.293 e. The van der Waals surface area contributed by atoms with E-state index in [4.69, 9.17) is 9.47 Å². The number of morpholine rings is 1. The number of anilines is 1. The standard InChI is InChI=1S/C29H30BrN3O4S/c1-19-4-7-24(8-5-19)37-15-12-32-28(34)27(38-29(32)35)17-22-16-20(2)33(21(22)3)23-6-9-26(25(30)18-23)31-10-13-36-14-11-31/h4-9,16-18H,10-15H2,1-3H3/b27-17-. The van der Waals surface area contributed by atoms with Gasteiger partial charge in [0.15, 0.2) is 0 Å². The number of nitrogens with zero attached hydrogens (tertiary/aromatic N) is 3. The fourth-order valence-corrected chi connectivity index (χ4v) is 6.22. The molecule has 1 aromatic heterocycles. The number of carbonyl (C=O) groups is 2. The van der Waals surface area contributed by atoms with Crippen molar-refractivity contribution in [3.63, 3.8) is 0 Å². The van der Waals surface area contributed by atoms with Crippen LogP contribution in [0.25, 0.3) is 11.8 Å². The summed E-state index contributed by atoms with van der Waals surface area (Å²) in [4.78, 5) is 29.6. The number of rotatable bonds is 7. The molecular formula is C29H30BrN3O4S. The van der Waals surface area contributed by atoms with E-state index in [1.165, 1.54) is 4.90 Å². The molecule has 0 N–H and O–H groups in total. The Kier molecular flexibility index (Phi) is 7.97. The number of hydrogen-bond donors (Lipinski definition) is 0. The molecule has 0 atom stereocenters. The molecule has 5 rings (SSSR count). The lowest BCUT2D eigenvalue weighted by molar-refractivity contribution is -0.123. The van der Waals surface area contributed by atoms with Crippen molar-refractivity contribution >= 4 is 50.6 Å². The van der Waals surface area contributed by atoms with Gasteiger partial charge in [0.05, 0.1) is 30.4 Å². The quantitative estimate of drug-likeness (QED) is 0.307. The van der Waals surface area contributed by atoms with E-state index in [1.54, 1.807) is 0 Å². The van der Waals surface area contributed by atoms with Crippen LogP contribution in [0.1, 0.15) is 22.5 Å². The van der Waals surface area contributed by atoms with E-state index in [1.807, 2.05) is 57.2 Å². The molecule has 7 nitrogen and oxygen atoms in total. The Morgan fingerprint density at radius 2 is 1.76 bits per heavy atom. The number of carbonyl (C=O) groups excluding carboxylic acids is 2. The first-order chi connectivity index (χ1) is 18.3. The molecule has 0 saturated carbocycles. The lowest BCUT2D eigenvalue weighted by Gasteiger charge is -2.30. The minimum Gasteiger partial charge on any atom is -0.492 e. The van der Waals surface area contributed by atoms with Crippen molar-refractivity contribution in [3.8, 4) is 11.4 Å². The summed E-state index contributed by atoms with van der Waals surface area (Å²) in [5.74, 6) is 0.435. The summed E-state index contributed by atoms with van der Waals surface area (Å²) < 4.78 is 14.4. The minimum atomic E-state index is -0.282. The third-order valence-corrected chi connectivity index (χ3v) is 8.32. The minimum absolute atomic E-state index is 0.207. The van der Waals surface area contributed by atoms with Crippen molar-refractivity contribution in [1.82, 2.24) is 9.47 Å². The maximum absolute atomic E-state index is 13.0. The summed E-state index contributed by atoms with van der Waals surface area (Å²) in [5.41, 5.74) is 6.29. The number of benzene rings is 2. The number of amides is 2. The van der Waals surface area contributed by atoms with Gasteiger partial charge >= 0.3 is 0 Å². The Bertz CT molecular complexity index is 1390. The van der Waals surface area contributed by atoms with Gasteiger partial charge in [0.1, 0.15) is 12.4 Å². The summed E-state index contributed by atoms with van der Waals surface area (Å²) >= 11 is 4.73. The van der Waals surface area contributed by atoms with Gasteiger partial charge in [-0.05, 0) is 96.5 Å². The van der Waals surface area contributed by atoms with Crippen molar-refractivity contribution in [2.75, 3.05) is 44.4 Å². The van der Waals surface area contributed by atoms with Crippen molar-refractivity contribution in [1.29, 1.82) is 0 Å². The normalized spacial score (nSPS) is 17.1.